The Bertz CT molecular complexity index is 771. The first-order valence-electron chi connectivity index (χ1n) is 5.90. The molecule has 0 atom stereocenters. The van der Waals surface area contributed by atoms with Crippen LogP contribution in [0, 0.1) is 6.92 Å². The molecule has 0 aliphatic heterocycles. The molecule has 2 heterocycles. The zero-order chi connectivity index (χ0) is 14.1. The van der Waals surface area contributed by atoms with Gasteiger partial charge in [0.25, 0.3) is 5.89 Å². The predicted octanol–water partition coefficient (Wildman–Crippen LogP) is 3.47. The summed E-state index contributed by atoms with van der Waals surface area (Å²) in [5.74, 6) is 0.595. The molecule has 1 N–H and O–H groups in total. The highest BCUT2D eigenvalue weighted by Crippen LogP contribution is 2.31. The molecular formula is C14H10ClN3O2. The second-order valence-corrected chi connectivity index (χ2v) is 4.69. The van der Waals surface area contributed by atoms with Crippen molar-refractivity contribution in [3.8, 4) is 28.7 Å². The summed E-state index contributed by atoms with van der Waals surface area (Å²) in [6.45, 7) is 1.91. The lowest BCUT2D eigenvalue weighted by atomic mass is 10.2. The van der Waals surface area contributed by atoms with Crippen molar-refractivity contribution < 1.29 is 9.63 Å². The molecule has 0 radical (unpaired) electrons. The minimum absolute atomic E-state index is 0.00885. The van der Waals surface area contributed by atoms with Crippen molar-refractivity contribution in [1.82, 2.24) is 15.1 Å². The van der Waals surface area contributed by atoms with E-state index in [-0.39, 0.29) is 11.6 Å². The van der Waals surface area contributed by atoms with Gasteiger partial charge in [0.05, 0.1) is 5.56 Å². The monoisotopic (exact) mass is 287 g/mol. The van der Waals surface area contributed by atoms with Gasteiger partial charge in [0.1, 0.15) is 11.4 Å². The third-order valence-electron chi connectivity index (χ3n) is 2.84. The summed E-state index contributed by atoms with van der Waals surface area (Å²) >= 11 is 5.79. The summed E-state index contributed by atoms with van der Waals surface area (Å²) in [6.07, 6.45) is 1.66. The fourth-order valence-corrected chi connectivity index (χ4v) is 2.00. The number of nitrogens with zero attached hydrogens (tertiary/aromatic N) is 3. The molecule has 0 saturated carbocycles. The fourth-order valence-electron chi connectivity index (χ4n) is 1.83. The number of pyridine rings is 1. The second-order valence-electron chi connectivity index (χ2n) is 4.25. The van der Waals surface area contributed by atoms with Gasteiger partial charge in [0.15, 0.2) is 0 Å². The summed E-state index contributed by atoms with van der Waals surface area (Å²) < 4.78 is 5.18. The number of benzene rings is 1. The van der Waals surface area contributed by atoms with Crippen molar-refractivity contribution in [3.63, 3.8) is 0 Å². The van der Waals surface area contributed by atoms with Gasteiger partial charge >= 0.3 is 0 Å². The zero-order valence-corrected chi connectivity index (χ0v) is 11.3. The van der Waals surface area contributed by atoms with Crippen LogP contribution in [0.5, 0.6) is 5.75 Å². The van der Waals surface area contributed by atoms with Crippen molar-refractivity contribution in [2.45, 2.75) is 6.92 Å². The molecule has 2 aromatic heterocycles. The molecular weight excluding hydrogens is 278 g/mol. The van der Waals surface area contributed by atoms with Gasteiger partial charge in [-0.05, 0) is 36.8 Å². The minimum Gasteiger partial charge on any atom is -0.507 e. The Kier molecular flexibility index (Phi) is 3.12. The summed E-state index contributed by atoms with van der Waals surface area (Å²) in [5.41, 5.74) is 2.03. The Morgan fingerprint density at radius 1 is 1.25 bits per heavy atom. The first-order chi connectivity index (χ1) is 9.65. The number of hydrogen-bond acceptors (Lipinski definition) is 5. The maximum Gasteiger partial charge on any atom is 0.262 e. The highest BCUT2D eigenvalue weighted by molar-refractivity contribution is 6.30. The Balaban J connectivity index is 2.04. The number of aromatic hydroxyl groups is 1. The van der Waals surface area contributed by atoms with Crippen LogP contribution in [0.4, 0.5) is 0 Å². The zero-order valence-electron chi connectivity index (χ0n) is 10.5. The number of halogens is 1. The lowest BCUT2D eigenvalue weighted by Crippen LogP contribution is -1.89. The van der Waals surface area contributed by atoms with Crippen LogP contribution in [0.2, 0.25) is 5.02 Å². The summed E-state index contributed by atoms with van der Waals surface area (Å²) in [4.78, 5) is 8.48. The summed E-state index contributed by atoms with van der Waals surface area (Å²) in [6, 6.07) is 8.45. The lowest BCUT2D eigenvalue weighted by Gasteiger charge is -1.99. The first kappa shape index (κ1) is 12.6. The molecule has 0 spiro atoms. The average Bonchev–Trinajstić information content (AvgIpc) is 2.88. The van der Waals surface area contributed by atoms with E-state index in [0.717, 1.165) is 5.56 Å². The number of aromatic nitrogens is 3. The Labute approximate surface area is 119 Å². The molecule has 0 bridgehead atoms. The highest BCUT2D eigenvalue weighted by Gasteiger charge is 2.15. The van der Waals surface area contributed by atoms with E-state index in [1.807, 2.05) is 19.1 Å². The number of aryl methyl sites for hydroxylation is 1. The van der Waals surface area contributed by atoms with Crippen molar-refractivity contribution in [2.75, 3.05) is 0 Å². The molecule has 3 rings (SSSR count). The maximum atomic E-state index is 9.85. The molecule has 20 heavy (non-hydrogen) atoms. The van der Waals surface area contributed by atoms with Gasteiger partial charge in [0, 0.05) is 11.2 Å². The first-order valence-corrected chi connectivity index (χ1v) is 6.27. The van der Waals surface area contributed by atoms with E-state index < -0.39 is 0 Å². The quantitative estimate of drug-likeness (QED) is 0.781. The van der Waals surface area contributed by atoms with Crippen LogP contribution in [0.15, 0.2) is 41.1 Å². The average molecular weight is 288 g/mol. The van der Waals surface area contributed by atoms with Gasteiger partial charge in [0.2, 0.25) is 5.82 Å². The smallest absolute Gasteiger partial charge is 0.262 e. The van der Waals surface area contributed by atoms with Gasteiger partial charge in [-0.3, -0.25) is 4.98 Å². The van der Waals surface area contributed by atoms with Crippen LogP contribution in [0.25, 0.3) is 23.0 Å². The van der Waals surface area contributed by atoms with Gasteiger partial charge in [-0.2, -0.15) is 4.98 Å². The van der Waals surface area contributed by atoms with E-state index >= 15 is 0 Å². The molecule has 100 valence electrons. The second kappa shape index (κ2) is 4.94. The molecule has 0 saturated heterocycles. The molecule has 1 aromatic carbocycles. The van der Waals surface area contributed by atoms with E-state index in [1.54, 1.807) is 18.3 Å². The Hall–Kier alpha value is -2.40. The maximum absolute atomic E-state index is 9.85. The van der Waals surface area contributed by atoms with Crippen LogP contribution in [0.3, 0.4) is 0 Å². The van der Waals surface area contributed by atoms with Crippen molar-refractivity contribution in [2.24, 2.45) is 0 Å². The fraction of sp³-hybridized carbons (Fsp3) is 0.0714. The van der Waals surface area contributed by atoms with Gasteiger partial charge in [-0.25, -0.2) is 0 Å². The SMILES string of the molecule is Cc1cccnc1-c1noc(-c2ccc(Cl)cc2O)n1. The van der Waals surface area contributed by atoms with E-state index in [0.29, 0.717) is 22.1 Å². The van der Waals surface area contributed by atoms with Crippen molar-refractivity contribution >= 4 is 11.6 Å². The number of phenols is 1. The lowest BCUT2D eigenvalue weighted by molar-refractivity contribution is 0.425. The van der Waals surface area contributed by atoms with Crippen LogP contribution >= 0.6 is 11.6 Å². The molecule has 6 heteroatoms. The van der Waals surface area contributed by atoms with Crippen LogP contribution < -0.4 is 0 Å². The Morgan fingerprint density at radius 3 is 2.85 bits per heavy atom. The van der Waals surface area contributed by atoms with Crippen LogP contribution in [-0.4, -0.2) is 20.2 Å². The van der Waals surface area contributed by atoms with Crippen molar-refractivity contribution in [3.05, 3.63) is 47.1 Å². The van der Waals surface area contributed by atoms with E-state index in [9.17, 15) is 5.11 Å². The molecule has 0 aliphatic rings. The van der Waals surface area contributed by atoms with Crippen LogP contribution in [-0.2, 0) is 0 Å². The third kappa shape index (κ3) is 2.23. The van der Waals surface area contributed by atoms with Gasteiger partial charge in [-0.1, -0.05) is 22.8 Å². The topological polar surface area (TPSA) is 72.0 Å². The van der Waals surface area contributed by atoms with Gasteiger partial charge < -0.3 is 9.63 Å². The number of rotatable bonds is 2. The molecule has 0 unspecified atom stereocenters. The molecule has 3 aromatic rings. The Morgan fingerprint density at radius 2 is 2.10 bits per heavy atom. The number of phenolic OH excluding ortho intramolecular Hbond substituents is 1. The van der Waals surface area contributed by atoms with E-state index in [1.165, 1.54) is 6.07 Å². The summed E-state index contributed by atoms with van der Waals surface area (Å²) in [7, 11) is 0. The highest BCUT2D eigenvalue weighted by atomic mass is 35.5. The van der Waals surface area contributed by atoms with Crippen LogP contribution in [0.1, 0.15) is 5.56 Å². The minimum atomic E-state index is -0.00885. The predicted molar refractivity (Wildman–Crippen MR) is 74.4 cm³/mol. The largest absolute Gasteiger partial charge is 0.507 e. The molecule has 0 fully saturated rings. The van der Waals surface area contributed by atoms with E-state index in [2.05, 4.69) is 15.1 Å². The molecule has 0 amide bonds. The standard InChI is InChI=1S/C14H10ClN3O2/c1-8-3-2-6-16-12(8)13-17-14(20-18-13)10-5-4-9(15)7-11(10)19/h2-7,19H,1H3. The van der Waals surface area contributed by atoms with E-state index in [4.69, 9.17) is 16.1 Å². The van der Waals surface area contributed by atoms with Gasteiger partial charge in [-0.15, -0.1) is 0 Å². The van der Waals surface area contributed by atoms with Crippen molar-refractivity contribution in [1.29, 1.82) is 0 Å². The molecule has 5 nitrogen and oxygen atoms in total. The normalized spacial score (nSPS) is 10.7. The molecule has 0 aliphatic carbocycles. The summed E-state index contributed by atoms with van der Waals surface area (Å²) in [5, 5.41) is 14.2. The third-order valence-corrected chi connectivity index (χ3v) is 3.07. The number of hydrogen-bond donors (Lipinski definition) is 1.